The minimum absolute atomic E-state index is 0.192. The SMILES string of the molecule is O=C(O)CCC(CNC(=O)OCc1ccccc1)C(F)(F)C(F)(F)F. The fourth-order valence-corrected chi connectivity index (χ4v) is 1.92. The Morgan fingerprint density at radius 1 is 1.12 bits per heavy atom. The van der Waals surface area contributed by atoms with E-state index in [9.17, 15) is 31.5 Å². The molecule has 1 unspecified atom stereocenters. The number of alkyl carbamates (subject to hydrolysis) is 1. The highest BCUT2D eigenvalue weighted by Gasteiger charge is 2.61. The number of hydrogen-bond acceptors (Lipinski definition) is 3. The van der Waals surface area contributed by atoms with E-state index in [4.69, 9.17) is 9.84 Å². The molecule has 0 aliphatic rings. The van der Waals surface area contributed by atoms with E-state index in [2.05, 4.69) is 0 Å². The standard InChI is InChI=1S/C15H16F5NO4/c16-14(17,15(18,19)20)11(6-7-12(22)23)8-21-13(24)25-9-10-4-2-1-3-5-10/h1-5,11H,6-9H2,(H,21,24)(H,22,23). The summed E-state index contributed by atoms with van der Waals surface area (Å²) < 4.78 is 69.0. The van der Waals surface area contributed by atoms with Gasteiger partial charge in [-0.05, 0) is 12.0 Å². The lowest BCUT2D eigenvalue weighted by molar-refractivity contribution is -0.302. The Morgan fingerprint density at radius 2 is 1.72 bits per heavy atom. The summed E-state index contributed by atoms with van der Waals surface area (Å²) in [6.07, 6.45) is -8.88. The summed E-state index contributed by atoms with van der Waals surface area (Å²) in [5.41, 5.74) is 0.598. The first-order valence-corrected chi connectivity index (χ1v) is 7.15. The number of carboxylic acids is 1. The Hall–Kier alpha value is -2.39. The monoisotopic (exact) mass is 369 g/mol. The summed E-state index contributed by atoms with van der Waals surface area (Å²) in [5.74, 6) is -9.09. The first-order valence-electron chi connectivity index (χ1n) is 7.15. The molecule has 0 aromatic heterocycles. The van der Waals surface area contributed by atoms with Crippen molar-refractivity contribution in [2.75, 3.05) is 6.54 Å². The number of carbonyl (C=O) groups excluding carboxylic acids is 1. The molecule has 0 aliphatic heterocycles. The summed E-state index contributed by atoms with van der Waals surface area (Å²) in [5, 5.41) is 10.3. The first-order chi connectivity index (χ1) is 11.5. The molecule has 1 aromatic carbocycles. The zero-order valence-electron chi connectivity index (χ0n) is 12.9. The second kappa shape index (κ2) is 8.63. The third-order valence-corrected chi connectivity index (χ3v) is 3.30. The average molecular weight is 369 g/mol. The van der Waals surface area contributed by atoms with E-state index < -0.39 is 49.5 Å². The number of halogens is 5. The van der Waals surface area contributed by atoms with Crippen LogP contribution in [0.3, 0.4) is 0 Å². The second-order valence-corrected chi connectivity index (χ2v) is 5.19. The Bertz CT molecular complexity index is 577. The van der Waals surface area contributed by atoms with E-state index in [0.717, 1.165) is 0 Å². The highest BCUT2D eigenvalue weighted by Crippen LogP contribution is 2.42. The summed E-state index contributed by atoms with van der Waals surface area (Å²) in [6.45, 7) is -1.27. The third-order valence-electron chi connectivity index (χ3n) is 3.30. The zero-order valence-corrected chi connectivity index (χ0v) is 12.9. The summed E-state index contributed by atoms with van der Waals surface area (Å²) in [4.78, 5) is 21.9. The molecule has 1 rings (SSSR count). The molecule has 0 heterocycles. The summed E-state index contributed by atoms with van der Waals surface area (Å²) in [6, 6.07) is 8.31. The van der Waals surface area contributed by atoms with Crippen LogP contribution in [0.2, 0.25) is 0 Å². The van der Waals surface area contributed by atoms with Gasteiger partial charge < -0.3 is 15.2 Å². The van der Waals surface area contributed by atoms with E-state index >= 15 is 0 Å². The fraction of sp³-hybridized carbons (Fsp3) is 0.467. The molecule has 0 saturated heterocycles. The number of benzene rings is 1. The maximum Gasteiger partial charge on any atom is 0.453 e. The van der Waals surface area contributed by atoms with Crippen LogP contribution in [0.5, 0.6) is 0 Å². The summed E-state index contributed by atoms with van der Waals surface area (Å²) >= 11 is 0. The van der Waals surface area contributed by atoms with Crippen molar-refractivity contribution in [3.8, 4) is 0 Å². The first kappa shape index (κ1) is 20.7. The van der Waals surface area contributed by atoms with E-state index in [1.807, 2.05) is 5.32 Å². The lowest BCUT2D eigenvalue weighted by Gasteiger charge is -2.28. The van der Waals surface area contributed by atoms with Gasteiger partial charge in [0.1, 0.15) is 6.61 Å². The lowest BCUT2D eigenvalue weighted by Crippen LogP contribution is -2.48. The van der Waals surface area contributed by atoms with Gasteiger partial charge in [-0.2, -0.15) is 22.0 Å². The summed E-state index contributed by atoms with van der Waals surface area (Å²) in [7, 11) is 0. The molecule has 140 valence electrons. The van der Waals surface area contributed by atoms with Gasteiger partial charge in [0.2, 0.25) is 0 Å². The van der Waals surface area contributed by atoms with Crippen LogP contribution < -0.4 is 5.32 Å². The maximum atomic E-state index is 13.4. The van der Waals surface area contributed by atoms with E-state index in [0.29, 0.717) is 5.56 Å². The van der Waals surface area contributed by atoms with E-state index in [-0.39, 0.29) is 6.61 Å². The average Bonchev–Trinajstić information content (AvgIpc) is 2.52. The van der Waals surface area contributed by atoms with E-state index in [1.165, 1.54) is 0 Å². The number of carboxylic acid groups (broad SMARTS) is 1. The van der Waals surface area contributed by atoms with Crippen molar-refractivity contribution in [2.24, 2.45) is 5.92 Å². The highest BCUT2D eigenvalue weighted by molar-refractivity contribution is 5.67. The number of aliphatic carboxylic acids is 1. The Labute approximate surface area is 139 Å². The molecule has 0 spiro atoms. The van der Waals surface area contributed by atoms with Gasteiger partial charge in [0.05, 0.1) is 5.92 Å². The van der Waals surface area contributed by atoms with Crippen molar-refractivity contribution in [3.05, 3.63) is 35.9 Å². The number of hydrogen-bond donors (Lipinski definition) is 2. The maximum absolute atomic E-state index is 13.4. The molecule has 25 heavy (non-hydrogen) atoms. The predicted octanol–water partition coefficient (Wildman–Crippen LogP) is 3.59. The van der Waals surface area contributed by atoms with Gasteiger partial charge in [-0.3, -0.25) is 4.79 Å². The molecular weight excluding hydrogens is 353 g/mol. The van der Waals surface area contributed by atoms with Crippen molar-refractivity contribution in [3.63, 3.8) is 0 Å². The van der Waals surface area contributed by atoms with Crippen LogP contribution in [0.15, 0.2) is 30.3 Å². The molecule has 1 atom stereocenters. The predicted molar refractivity (Wildman–Crippen MR) is 76.0 cm³/mol. The molecular formula is C15H16F5NO4. The van der Waals surface area contributed by atoms with Crippen LogP contribution in [0.1, 0.15) is 18.4 Å². The van der Waals surface area contributed by atoms with Crippen molar-refractivity contribution in [1.82, 2.24) is 5.32 Å². The zero-order chi connectivity index (χ0) is 19.1. The largest absolute Gasteiger partial charge is 0.481 e. The molecule has 0 bridgehead atoms. The molecule has 2 N–H and O–H groups in total. The number of rotatable bonds is 8. The van der Waals surface area contributed by atoms with Gasteiger partial charge in [-0.25, -0.2) is 4.79 Å². The van der Waals surface area contributed by atoms with Gasteiger partial charge in [-0.15, -0.1) is 0 Å². The molecule has 5 nitrogen and oxygen atoms in total. The molecule has 10 heteroatoms. The van der Waals surface area contributed by atoms with Crippen LogP contribution in [0.25, 0.3) is 0 Å². The number of alkyl halides is 5. The quantitative estimate of drug-likeness (QED) is 0.687. The van der Waals surface area contributed by atoms with Crippen LogP contribution in [0, 0.1) is 5.92 Å². The van der Waals surface area contributed by atoms with Gasteiger partial charge >= 0.3 is 24.2 Å². The highest BCUT2D eigenvalue weighted by atomic mass is 19.4. The smallest absolute Gasteiger partial charge is 0.453 e. The topological polar surface area (TPSA) is 75.6 Å². The normalized spacial score (nSPS) is 13.2. The number of carbonyl (C=O) groups is 2. The van der Waals surface area contributed by atoms with Gasteiger partial charge in [0, 0.05) is 13.0 Å². The Morgan fingerprint density at radius 3 is 2.24 bits per heavy atom. The molecule has 0 radical (unpaired) electrons. The molecule has 0 saturated carbocycles. The lowest BCUT2D eigenvalue weighted by atomic mass is 9.95. The minimum Gasteiger partial charge on any atom is -0.481 e. The third kappa shape index (κ3) is 6.55. The molecule has 1 aromatic rings. The molecule has 1 amide bonds. The Balaban J connectivity index is 2.61. The van der Waals surface area contributed by atoms with Crippen molar-refractivity contribution in [1.29, 1.82) is 0 Å². The van der Waals surface area contributed by atoms with Crippen molar-refractivity contribution >= 4 is 12.1 Å². The van der Waals surface area contributed by atoms with Crippen molar-refractivity contribution in [2.45, 2.75) is 31.5 Å². The number of amides is 1. The fourth-order valence-electron chi connectivity index (χ4n) is 1.92. The Kier molecular flexibility index (Phi) is 7.13. The van der Waals surface area contributed by atoms with Crippen LogP contribution in [-0.4, -0.2) is 35.8 Å². The van der Waals surface area contributed by atoms with Crippen LogP contribution in [0.4, 0.5) is 26.7 Å². The second-order valence-electron chi connectivity index (χ2n) is 5.19. The van der Waals surface area contributed by atoms with Crippen LogP contribution >= 0.6 is 0 Å². The van der Waals surface area contributed by atoms with Gasteiger partial charge in [0.25, 0.3) is 0 Å². The number of ether oxygens (including phenoxy) is 1. The number of nitrogens with one attached hydrogen (secondary N) is 1. The van der Waals surface area contributed by atoms with Crippen molar-refractivity contribution < 1.29 is 41.4 Å². The van der Waals surface area contributed by atoms with Crippen LogP contribution in [-0.2, 0) is 16.1 Å². The van der Waals surface area contributed by atoms with Gasteiger partial charge in [-0.1, -0.05) is 30.3 Å². The molecule has 0 fully saturated rings. The van der Waals surface area contributed by atoms with Gasteiger partial charge in [0.15, 0.2) is 0 Å². The minimum atomic E-state index is -5.86. The molecule has 0 aliphatic carbocycles. The van der Waals surface area contributed by atoms with E-state index in [1.54, 1.807) is 30.3 Å².